The molecular formula is C67H66N4O15S. The van der Waals surface area contributed by atoms with Crippen molar-refractivity contribution in [2.75, 3.05) is 27.0 Å². The number of benzene rings is 8. The van der Waals surface area contributed by atoms with Crippen LogP contribution in [0.2, 0.25) is 0 Å². The molecule has 0 fully saturated rings. The van der Waals surface area contributed by atoms with Crippen molar-refractivity contribution < 1.29 is 72.3 Å². The van der Waals surface area contributed by atoms with Gasteiger partial charge >= 0.3 is 23.9 Å². The van der Waals surface area contributed by atoms with Gasteiger partial charge in [0.1, 0.15) is 11.3 Å². The van der Waals surface area contributed by atoms with Crippen LogP contribution in [-0.4, -0.2) is 87.2 Å². The Labute approximate surface area is 503 Å². The maximum Gasteiger partial charge on any atom is 0.339 e. The quantitative estimate of drug-likeness (QED) is 0.0287. The highest BCUT2D eigenvalue weighted by Gasteiger charge is 2.17. The highest BCUT2D eigenvalue weighted by atomic mass is 32.2. The molecular weight excluding hydrogens is 1130 g/mol. The number of phenols is 1. The monoisotopic (exact) mass is 1200 g/mol. The molecule has 0 spiro atoms. The molecule has 0 unspecified atom stereocenters. The van der Waals surface area contributed by atoms with Crippen LogP contribution in [0.3, 0.4) is 0 Å². The molecule has 0 bridgehead atoms. The van der Waals surface area contributed by atoms with Crippen LogP contribution >= 0.6 is 0 Å². The van der Waals surface area contributed by atoms with Gasteiger partial charge in [-0.15, -0.1) is 0 Å². The lowest BCUT2D eigenvalue weighted by atomic mass is 10.1. The number of hydrogen-bond acceptors (Lipinski definition) is 11. The second-order valence-electron chi connectivity index (χ2n) is 19.4. The summed E-state index contributed by atoms with van der Waals surface area (Å²) in [5, 5.41) is 55.7. The zero-order valence-electron chi connectivity index (χ0n) is 47.4. The summed E-state index contributed by atoms with van der Waals surface area (Å²) in [7, 11) is -3.50. The fourth-order valence-corrected chi connectivity index (χ4v) is 9.39. The van der Waals surface area contributed by atoms with E-state index >= 15 is 0 Å². The molecule has 450 valence electrons. The Balaban J connectivity index is 0.000000212. The first-order valence-electron chi connectivity index (χ1n) is 27.3. The van der Waals surface area contributed by atoms with E-state index in [9.17, 15) is 51.9 Å². The lowest BCUT2D eigenvalue weighted by molar-refractivity contribution is -0.117. The maximum absolute atomic E-state index is 12.1. The van der Waals surface area contributed by atoms with Crippen molar-refractivity contribution in [1.82, 2.24) is 0 Å². The van der Waals surface area contributed by atoms with Crippen LogP contribution in [0.1, 0.15) is 102 Å². The van der Waals surface area contributed by atoms with Crippen LogP contribution in [0.5, 0.6) is 5.75 Å². The molecule has 0 radical (unpaired) electrons. The van der Waals surface area contributed by atoms with Gasteiger partial charge in [-0.1, -0.05) is 109 Å². The SMILES string of the molecule is Cc1cc(NC(=O)CCc2ccccc2)ccc1C(=O)O.O=C(CCCc1ccccc1)Nc1ccc(C(=O)O)c(O)c1.O=C(CCCc1ccccc1)Nc1ccc(C(=O)O)cc1.O=C(CCS(=O)(=O)c1ccccc1)Nc1ccc(C(=O)O)cc1. The number of carbonyl (C=O) groups is 8. The van der Waals surface area contributed by atoms with E-state index in [-0.39, 0.29) is 62.8 Å². The standard InChI is InChI=1S/C17H17NO4.2C17H17NO3.C16H15NO5S/c19-15-11-13(9-10-14(15)17(21)22)18-16(20)8-4-7-12-5-2-1-3-6-12;1-12-11-14(8-9-15(12)17(20)21)18-16(19)10-7-13-5-3-2-4-6-13;19-16(8-4-7-13-5-2-1-3-6-13)18-15-11-9-14(10-12-15)17(20)21;18-15(17-13-8-6-12(7-9-13)16(19)20)10-11-23(21,22)14-4-2-1-3-5-14/h1-3,5-6,9-11,19H,4,7-8H2,(H,18,20)(H,21,22);2-6,8-9,11H,7,10H2,1H3,(H,18,19)(H,20,21);1-3,5-6,9-12H,4,7-8H2,(H,18,19)(H,20,21);1-9H,10-11H2,(H,17,18)(H,19,20). The second-order valence-corrected chi connectivity index (χ2v) is 21.5. The van der Waals surface area contributed by atoms with E-state index in [2.05, 4.69) is 21.3 Å². The molecule has 0 atom stereocenters. The summed E-state index contributed by atoms with van der Waals surface area (Å²) in [6.45, 7) is 1.71. The van der Waals surface area contributed by atoms with Crippen LogP contribution in [0, 0.1) is 6.92 Å². The average Bonchev–Trinajstić information content (AvgIpc) is 3.54. The maximum atomic E-state index is 12.1. The number of aromatic carboxylic acids is 4. The van der Waals surface area contributed by atoms with Crippen molar-refractivity contribution in [2.45, 2.75) is 69.6 Å². The molecule has 19 nitrogen and oxygen atoms in total. The lowest BCUT2D eigenvalue weighted by Gasteiger charge is -2.08. The Morgan fingerprint density at radius 1 is 0.368 bits per heavy atom. The highest BCUT2D eigenvalue weighted by Crippen LogP contribution is 2.23. The second kappa shape index (κ2) is 34.8. The van der Waals surface area contributed by atoms with E-state index in [1.165, 1.54) is 83.9 Å². The van der Waals surface area contributed by atoms with Crippen molar-refractivity contribution >= 4 is 80.1 Å². The lowest BCUT2D eigenvalue weighted by Crippen LogP contribution is -2.17. The number of aryl methyl sites for hydroxylation is 4. The molecule has 0 aliphatic heterocycles. The highest BCUT2D eigenvalue weighted by molar-refractivity contribution is 7.91. The van der Waals surface area contributed by atoms with Crippen molar-refractivity contribution in [3.05, 3.63) is 251 Å². The number of amides is 4. The van der Waals surface area contributed by atoms with Crippen LogP contribution in [0.15, 0.2) is 211 Å². The molecule has 20 heteroatoms. The van der Waals surface area contributed by atoms with Gasteiger partial charge in [0, 0.05) is 54.5 Å². The Bertz CT molecular complexity index is 3700. The third-order valence-electron chi connectivity index (χ3n) is 12.7. The first kappa shape index (κ1) is 67.1. The topological polar surface area (TPSA) is 320 Å². The van der Waals surface area contributed by atoms with E-state index in [1.54, 1.807) is 49.4 Å². The summed E-state index contributed by atoms with van der Waals surface area (Å²) in [5.41, 5.74) is 6.54. The van der Waals surface area contributed by atoms with E-state index in [0.29, 0.717) is 54.0 Å². The summed E-state index contributed by atoms with van der Waals surface area (Å²) in [6, 6.07) is 58.2. The largest absolute Gasteiger partial charge is 0.507 e. The Morgan fingerprint density at radius 2 is 0.713 bits per heavy atom. The molecule has 8 aromatic rings. The number of rotatable bonds is 23. The normalized spacial score (nSPS) is 10.4. The average molecular weight is 1200 g/mol. The third kappa shape index (κ3) is 24.6. The number of carboxylic acids is 4. The van der Waals surface area contributed by atoms with Crippen LogP contribution < -0.4 is 21.3 Å². The molecule has 0 saturated carbocycles. The zero-order chi connectivity index (χ0) is 63.1. The van der Waals surface area contributed by atoms with Crippen LogP contribution in [0.25, 0.3) is 0 Å². The Morgan fingerprint density at radius 3 is 1.10 bits per heavy atom. The predicted molar refractivity (Wildman–Crippen MR) is 331 cm³/mol. The number of hydrogen-bond donors (Lipinski definition) is 9. The number of aromatic hydroxyl groups is 1. The minimum Gasteiger partial charge on any atom is -0.507 e. The van der Waals surface area contributed by atoms with Gasteiger partial charge in [0.15, 0.2) is 9.84 Å². The van der Waals surface area contributed by atoms with Crippen molar-refractivity contribution in [2.24, 2.45) is 0 Å². The fraction of sp³-hybridized carbons (Fsp3) is 0.164. The number of anilines is 4. The molecule has 87 heavy (non-hydrogen) atoms. The van der Waals surface area contributed by atoms with Crippen molar-refractivity contribution in [3.63, 3.8) is 0 Å². The van der Waals surface area contributed by atoms with Gasteiger partial charge in [0.05, 0.1) is 27.3 Å². The smallest absolute Gasteiger partial charge is 0.339 e. The van der Waals surface area contributed by atoms with Crippen molar-refractivity contribution in [1.29, 1.82) is 0 Å². The first-order chi connectivity index (χ1) is 41.6. The van der Waals surface area contributed by atoms with Gasteiger partial charge in [0.2, 0.25) is 23.6 Å². The number of carboxylic acid groups (broad SMARTS) is 4. The third-order valence-corrected chi connectivity index (χ3v) is 14.4. The summed E-state index contributed by atoms with van der Waals surface area (Å²) < 4.78 is 24.1. The molecule has 0 aliphatic carbocycles. The van der Waals surface area contributed by atoms with Gasteiger partial charge < -0.3 is 46.8 Å². The molecule has 4 amide bonds. The Kier molecular flexibility index (Phi) is 26.8. The first-order valence-corrected chi connectivity index (χ1v) is 29.0. The number of nitrogens with one attached hydrogen (secondary N) is 4. The number of carbonyl (C=O) groups excluding carboxylic acids is 4. The molecule has 0 heterocycles. The van der Waals surface area contributed by atoms with Gasteiger partial charge in [-0.3, -0.25) is 19.2 Å². The molecule has 9 N–H and O–H groups in total. The molecule has 0 aromatic heterocycles. The van der Waals surface area contributed by atoms with Gasteiger partial charge in [-0.2, -0.15) is 0 Å². The van der Waals surface area contributed by atoms with Crippen LogP contribution in [0.4, 0.5) is 22.7 Å². The number of sulfone groups is 1. The fourth-order valence-electron chi connectivity index (χ4n) is 8.13. The van der Waals surface area contributed by atoms with E-state index in [0.717, 1.165) is 31.2 Å². The van der Waals surface area contributed by atoms with E-state index in [1.807, 2.05) is 91.0 Å². The van der Waals surface area contributed by atoms with Crippen LogP contribution in [-0.2, 0) is 48.3 Å². The van der Waals surface area contributed by atoms with Crippen molar-refractivity contribution in [3.8, 4) is 5.75 Å². The predicted octanol–water partition coefficient (Wildman–Crippen LogP) is 11.8. The molecule has 0 saturated heterocycles. The minimum absolute atomic E-state index is 0.0611. The van der Waals surface area contributed by atoms with Gasteiger partial charge in [-0.25, -0.2) is 27.6 Å². The van der Waals surface area contributed by atoms with E-state index < -0.39 is 39.6 Å². The molecule has 8 aromatic carbocycles. The van der Waals surface area contributed by atoms with Gasteiger partial charge in [0.25, 0.3) is 0 Å². The Hall–Kier alpha value is -10.7. The molecule has 0 aliphatic rings. The minimum atomic E-state index is -3.50. The summed E-state index contributed by atoms with van der Waals surface area (Å²) >= 11 is 0. The zero-order valence-corrected chi connectivity index (χ0v) is 48.2. The molecule has 8 rings (SSSR count). The van der Waals surface area contributed by atoms with E-state index in [4.69, 9.17) is 20.4 Å². The summed E-state index contributed by atoms with van der Waals surface area (Å²) in [6.07, 6.45) is 4.87. The van der Waals surface area contributed by atoms with Gasteiger partial charge in [-0.05, 0) is 152 Å². The summed E-state index contributed by atoms with van der Waals surface area (Å²) in [5.74, 6) is -5.63. The summed E-state index contributed by atoms with van der Waals surface area (Å²) in [4.78, 5) is 90.7.